The van der Waals surface area contributed by atoms with Crippen molar-refractivity contribution in [2.75, 3.05) is 23.7 Å². The quantitative estimate of drug-likeness (QED) is 0.747. The third kappa shape index (κ3) is 3.57. The Bertz CT molecular complexity index is 754. The van der Waals surface area contributed by atoms with Crippen molar-refractivity contribution in [1.82, 2.24) is 5.32 Å². The summed E-state index contributed by atoms with van der Waals surface area (Å²) in [6, 6.07) is 4.10. The average molecular weight is 368 g/mol. The van der Waals surface area contributed by atoms with Gasteiger partial charge in [0.1, 0.15) is 23.1 Å². The molecule has 2 aliphatic heterocycles. The van der Waals surface area contributed by atoms with Gasteiger partial charge in [0.25, 0.3) is 0 Å². The van der Waals surface area contributed by atoms with Crippen LogP contribution in [-0.4, -0.2) is 52.6 Å². The van der Waals surface area contributed by atoms with Crippen LogP contribution in [0, 0.1) is 5.82 Å². The van der Waals surface area contributed by atoms with Crippen LogP contribution in [0.4, 0.5) is 14.9 Å². The first-order valence-electron chi connectivity index (χ1n) is 7.61. The van der Waals surface area contributed by atoms with Gasteiger partial charge in [0.15, 0.2) is 0 Å². The minimum atomic E-state index is -0.987. The maximum absolute atomic E-state index is 14.5. The summed E-state index contributed by atoms with van der Waals surface area (Å²) < 4.78 is 19.6. The number of carbonyl (C=O) groups excluding carboxylic acids is 2. The number of halogens is 1. The van der Waals surface area contributed by atoms with Gasteiger partial charge in [-0.3, -0.25) is 9.69 Å². The molecule has 0 aromatic heterocycles. The number of anilines is 1. The monoisotopic (exact) mass is 368 g/mol. The van der Waals surface area contributed by atoms with E-state index < -0.39 is 23.5 Å². The van der Waals surface area contributed by atoms with Crippen LogP contribution in [0.25, 0.3) is 5.57 Å². The molecule has 1 fully saturated rings. The first-order chi connectivity index (χ1) is 11.9. The van der Waals surface area contributed by atoms with Crippen molar-refractivity contribution in [2.45, 2.75) is 18.5 Å². The predicted octanol–water partition coefficient (Wildman–Crippen LogP) is 1.62. The summed E-state index contributed by atoms with van der Waals surface area (Å²) in [5.41, 5.74) is -0.432. The van der Waals surface area contributed by atoms with Gasteiger partial charge in [-0.05, 0) is 18.2 Å². The molecule has 1 saturated heterocycles. The van der Waals surface area contributed by atoms with E-state index >= 15 is 0 Å². The molecule has 25 heavy (non-hydrogen) atoms. The number of aliphatic hydroxyl groups excluding tert-OH is 2. The van der Waals surface area contributed by atoms with E-state index in [4.69, 9.17) is 4.74 Å². The summed E-state index contributed by atoms with van der Waals surface area (Å²) in [4.78, 5) is 24.2. The molecule has 1 unspecified atom stereocenters. The van der Waals surface area contributed by atoms with E-state index in [1.807, 2.05) is 0 Å². The first kappa shape index (κ1) is 17.6. The molecule has 9 heteroatoms. The lowest BCUT2D eigenvalue weighted by Crippen LogP contribution is -2.33. The molecule has 2 atom stereocenters. The van der Waals surface area contributed by atoms with Crippen molar-refractivity contribution in [2.24, 2.45) is 0 Å². The van der Waals surface area contributed by atoms with Crippen LogP contribution in [0.15, 0.2) is 24.0 Å². The normalized spacial score (nSPS) is 23.2. The summed E-state index contributed by atoms with van der Waals surface area (Å²) >= 11 is 1.10. The first-order valence-corrected chi connectivity index (χ1v) is 8.66. The lowest BCUT2D eigenvalue weighted by Gasteiger charge is -2.15. The highest BCUT2D eigenvalue weighted by atomic mass is 32.2. The zero-order chi connectivity index (χ0) is 18.1. The van der Waals surface area contributed by atoms with Crippen LogP contribution in [0.1, 0.15) is 12.5 Å². The largest absolute Gasteiger partial charge is 0.511 e. The molecule has 0 spiro atoms. The zero-order valence-electron chi connectivity index (χ0n) is 13.4. The fourth-order valence-corrected chi connectivity index (χ4v) is 3.64. The van der Waals surface area contributed by atoms with Crippen LogP contribution in [0.3, 0.4) is 0 Å². The van der Waals surface area contributed by atoms with E-state index in [2.05, 4.69) is 5.32 Å². The fraction of sp³-hybridized carbons (Fsp3) is 0.375. The van der Waals surface area contributed by atoms with Crippen LogP contribution >= 0.6 is 11.8 Å². The van der Waals surface area contributed by atoms with Gasteiger partial charge in [-0.1, -0.05) is 0 Å². The number of amides is 2. The van der Waals surface area contributed by atoms with Crippen LogP contribution in [-0.2, 0) is 9.53 Å². The van der Waals surface area contributed by atoms with Gasteiger partial charge in [-0.2, -0.15) is 0 Å². The van der Waals surface area contributed by atoms with E-state index in [1.165, 1.54) is 24.0 Å². The van der Waals surface area contributed by atoms with E-state index in [-0.39, 0.29) is 41.6 Å². The van der Waals surface area contributed by atoms with Crippen molar-refractivity contribution in [1.29, 1.82) is 0 Å². The molecule has 0 radical (unpaired) electrons. The Balaban J connectivity index is 1.78. The number of hydrogen-bond donors (Lipinski definition) is 3. The van der Waals surface area contributed by atoms with Gasteiger partial charge < -0.3 is 20.3 Å². The number of thioether (sulfide) groups is 1. The third-order valence-corrected chi connectivity index (χ3v) is 4.93. The molecule has 0 saturated carbocycles. The summed E-state index contributed by atoms with van der Waals surface area (Å²) in [6.07, 6.45) is -1.14. The Kier molecular flexibility index (Phi) is 4.87. The minimum absolute atomic E-state index is 0.0555. The van der Waals surface area contributed by atoms with Crippen molar-refractivity contribution in [3.8, 4) is 0 Å². The van der Waals surface area contributed by atoms with E-state index in [1.54, 1.807) is 0 Å². The molecule has 7 nitrogen and oxygen atoms in total. The molecule has 2 heterocycles. The minimum Gasteiger partial charge on any atom is -0.511 e. The Morgan fingerprint density at radius 1 is 1.52 bits per heavy atom. The number of rotatable bonds is 4. The number of ether oxygens (including phenoxy) is 1. The van der Waals surface area contributed by atoms with Crippen molar-refractivity contribution in [3.63, 3.8) is 0 Å². The highest BCUT2D eigenvalue weighted by Gasteiger charge is 2.33. The Labute approximate surface area is 147 Å². The molecule has 2 amide bonds. The number of nitrogens with zero attached hydrogens (tertiary/aromatic N) is 1. The number of aliphatic hydroxyl groups is 2. The summed E-state index contributed by atoms with van der Waals surface area (Å²) in [5, 5.41) is 22.2. The van der Waals surface area contributed by atoms with Gasteiger partial charge in [0.05, 0.1) is 24.5 Å². The van der Waals surface area contributed by atoms with Crippen LogP contribution < -0.4 is 10.2 Å². The molecule has 3 rings (SSSR count). The number of nitrogens with one attached hydrogen (secondary N) is 1. The van der Waals surface area contributed by atoms with Gasteiger partial charge in [-0.15, -0.1) is 11.8 Å². The fourth-order valence-electron chi connectivity index (χ4n) is 2.74. The van der Waals surface area contributed by atoms with Crippen molar-refractivity contribution < 1.29 is 28.9 Å². The molecular formula is C16H17FN2O5S. The van der Waals surface area contributed by atoms with Crippen molar-refractivity contribution >= 4 is 35.0 Å². The number of benzene rings is 1. The third-order valence-electron chi connectivity index (χ3n) is 3.94. The highest BCUT2D eigenvalue weighted by molar-refractivity contribution is 8.00. The second-order valence-corrected chi connectivity index (χ2v) is 6.81. The summed E-state index contributed by atoms with van der Waals surface area (Å²) in [6.45, 7) is 1.73. The van der Waals surface area contributed by atoms with Crippen LogP contribution in [0.2, 0.25) is 0 Å². The molecule has 0 aliphatic carbocycles. The molecular weight excluding hydrogens is 351 g/mol. The number of carbonyl (C=O) groups is 2. The molecule has 3 N–H and O–H groups in total. The van der Waals surface area contributed by atoms with Crippen molar-refractivity contribution in [3.05, 3.63) is 35.3 Å². The SMILES string of the molecule is CC(=O)NCC1CN(c2ccc(C3=C(O)CS[C@@H]3O)c(F)c2)C(=O)O1. The maximum atomic E-state index is 14.5. The van der Waals surface area contributed by atoms with E-state index in [9.17, 15) is 24.2 Å². The second kappa shape index (κ2) is 6.93. The smallest absolute Gasteiger partial charge is 0.414 e. The number of cyclic esters (lactones) is 1. The second-order valence-electron chi connectivity index (χ2n) is 5.74. The van der Waals surface area contributed by atoms with Gasteiger partial charge >= 0.3 is 6.09 Å². The Morgan fingerprint density at radius 3 is 2.88 bits per heavy atom. The zero-order valence-corrected chi connectivity index (χ0v) is 14.2. The van der Waals surface area contributed by atoms with Gasteiger partial charge in [0.2, 0.25) is 5.91 Å². The lowest BCUT2D eigenvalue weighted by atomic mass is 10.0. The standard InChI is InChI=1S/C16H17FN2O5S/c1-8(20)18-5-10-6-19(16(23)24-10)9-2-3-11(12(17)4-9)14-13(21)7-25-15(14)22/h2-4,10,15,21-22H,5-7H2,1H3,(H,18,20)/t10?,15-/m0/s1. The Hall–Kier alpha value is -2.26. The molecule has 2 aliphatic rings. The van der Waals surface area contributed by atoms with Gasteiger partial charge in [-0.25, -0.2) is 9.18 Å². The Morgan fingerprint density at radius 2 is 2.28 bits per heavy atom. The highest BCUT2D eigenvalue weighted by Crippen LogP contribution is 2.38. The predicted molar refractivity (Wildman–Crippen MR) is 90.7 cm³/mol. The molecule has 0 bridgehead atoms. The maximum Gasteiger partial charge on any atom is 0.414 e. The summed E-state index contributed by atoms with van der Waals surface area (Å²) in [7, 11) is 0. The number of hydrogen-bond acceptors (Lipinski definition) is 6. The molecule has 1 aromatic carbocycles. The topological polar surface area (TPSA) is 99.1 Å². The molecule has 1 aromatic rings. The van der Waals surface area contributed by atoms with Crippen LogP contribution in [0.5, 0.6) is 0 Å². The van der Waals surface area contributed by atoms with E-state index in [0.29, 0.717) is 5.69 Å². The van der Waals surface area contributed by atoms with Gasteiger partial charge in [0, 0.05) is 18.1 Å². The summed E-state index contributed by atoms with van der Waals surface area (Å²) in [5.74, 6) is -0.717. The average Bonchev–Trinajstić information content (AvgIpc) is 3.08. The van der Waals surface area contributed by atoms with E-state index in [0.717, 1.165) is 17.8 Å². The lowest BCUT2D eigenvalue weighted by molar-refractivity contribution is -0.119. The molecule has 134 valence electrons.